The van der Waals surface area contributed by atoms with Gasteiger partial charge in [-0.05, 0) is 6.42 Å². The van der Waals surface area contributed by atoms with E-state index in [4.69, 9.17) is 5.11 Å². The van der Waals surface area contributed by atoms with Gasteiger partial charge in [-0.15, -0.1) is 0 Å². The van der Waals surface area contributed by atoms with Crippen LogP contribution in [0, 0.1) is 0 Å². The van der Waals surface area contributed by atoms with E-state index in [2.05, 4.69) is 13.0 Å². The van der Waals surface area contributed by atoms with Gasteiger partial charge in [-0.1, -0.05) is 68.0 Å². The third-order valence-electron chi connectivity index (χ3n) is 1.61. The zero-order valence-corrected chi connectivity index (χ0v) is 9.54. The number of aliphatic carboxylic acids is 1. The van der Waals surface area contributed by atoms with Gasteiger partial charge in [-0.25, -0.2) is 4.79 Å². The van der Waals surface area contributed by atoms with Crippen molar-refractivity contribution in [2.24, 2.45) is 0 Å². The lowest BCUT2D eigenvalue weighted by Crippen LogP contribution is -1.84. The molecule has 0 aromatic carbocycles. The Bertz CT molecular complexity index is 318. The first-order valence-corrected chi connectivity index (χ1v) is 5.33. The Balaban J connectivity index is 3.72. The van der Waals surface area contributed by atoms with Crippen molar-refractivity contribution in [1.29, 1.82) is 0 Å². The van der Waals surface area contributed by atoms with Crippen LogP contribution < -0.4 is 0 Å². The predicted molar refractivity (Wildman–Crippen MR) is 68.2 cm³/mol. The molecule has 2 nitrogen and oxygen atoms in total. The first-order chi connectivity index (χ1) is 7.77. The second kappa shape index (κ2) is 11.2. The smallest absolute Gasteiger partial charge is 0.328 e. The first-order valence-electron chi connectivity index (χ1n) is 5.33. The lowest BCUT2D eigenvalue weighted by molar-refractivity contribution is -0.131. The lowest BCUT2D eigenvalue weighted by atomic mass is 10.3. The van der Waals surface area contributed by atoms with Crippen LogP contribution in [-0.2, 0) is 4.79 Å². The van der Waals surface area contributed by atoms with Crippen molar-refractivity contribution in [3.63, 3.8) is 0 Å². The summed E-state index contributed by atoms with van der Waals surface area (Å²) in [6.45, 7) is 2.14. The van der Waals surface area contributed by atoms with Crippen molar-refractivity contribution in [2.75, 3.05) is 0 Å². The SMILES string of the molecule is CCCC=CC=CC=CC=CC=CC(=O)O. The quantitative estimate of drug-likeness (QED) is 0.523. The lowest BCUT2D eigenvalue weighted by Gasteiger charge is -1.79. The van der Waals surface area contributed by atoms with Crippen LogP contribution in [0.2, 0.25) is 0 Å². The molecule has 0 aliphatic heterocycles. The standard InChI is InChI=1S/C14H18O2/c1-2-3-4-5-6-7-8-9-10-11-12-13-14(15)16/h4-13H,2-3H2,1H3,(H,15,16). The molecule has 0 unspecified atom stereocenters. The minimum atomic E-state index is -0.936. The van der Waals surface area contributed by atoms with Crippen LogP contribution in [0.4, 0.5) is 0 Å². The van der Waals surface area contributed by atoms with Crippen LogP contribution in [0.3, 0.4) is 0 Å². The summed E-state index contributed by atoms with van der Waals surface area (Å²) in [6.07, 6.45) is 20.1. The van der Waals surface area contributed by atoms with Gasteiger partial charge in [0, 0.05) is 6.08 Å². The van der Waals surface area contributed by atoms with E-state index in [1.54, 1.807) is 12.2 Å². The van der Waals surface area contributed by atoms with Crippen LogP contribution in [0.1, 0.15) is 19.8 Å². The molecule has 16 heavy (non-hydrogen) atoms. The van der Waals surface area contributed by atoms with Gasteiger partial charge < -0.3 is 5.11 Å². The van der Waals surface area contributed by atoms with Crippen LogP contribution in [0.25, 0.3) is 0 Å². The van der Waals surface area contributed by atoms with Crippen molar-refractivity contribution in [1.82, 2.24) is 0 Å². The zero-order valence-electron chi connectivity index (χ0n) is 9.54. The van der Waals surface area contributed by atoms with Crippen LogP contribution in [-0.4, -0.2) is 11.1 Å². The highest BCUT2D eigenvalue weighted by Crippen LogP contribution is 1.89. The highest BCUT2D eigenvalue weighted by atomic mass is 16.4. The van der Waals surface area contributed by atoms with Gasteiger partial charge in [0.15, 0.2) is 0 Å². The molecule has 0 saturated heterocycles. The molecule has 0 atom stereocenters. The minimum absolute atomic E-state index is 0.936. The molecule has 0 saturated carbocycles. The first kappa shape index (κ1) is 14.2. The average Bonchev–Trinajstić information content (AvgIpc) is 2.25. The Morgan fingerprint density at radius 1 is 0.938 bits per heavy atom. The van der Waals surface area contributed by atoms with Gasteiger partial charge >= 0.3 is 5.97 Å². The highest BCUT2D eigenvalue weighted by molar-refractivity contribution is 5.80. The van der Waals surface area contributed by atoms with Gasteiger partial charge in [-0.3, -0.25) is 0 Å². The van der Waals surface area contributed by atoms with Crippen molar-refractivity contribution >= 4 is 5.97 Å². The molecule has 0 aliphatic rings. The van der Waals surface area contributed by atoms with Crippen LogP contribution in [0.15, 0.2) is 60.8 Å². The number of hydrogen-bond acceptors (Lipinski definition) is 1. The Hall–Kier alpha value is -1.83. The predicted octanol–water partition coefficient (Wildman–Crippen LogP) is 3.65. The number of hydrogen-bond donors (Lipinski definition) is 1. The van der Waals surface area contributed by atoms with E-state index in [-0.39, 0.29) is 0 Å². The number of rotatable bonds is 7. The molecule has 0 heterocycles. The van der Waals surface area contributed by atoms with E-state index >= 15 is 0 Å². The summed E-state index contributed by atoms with van der Waals surface area (Å²) in [5.41, 5.74) is 0. The number of carbonyl (C=O) groups is 1. The molecule has 0 spiro atoms. The van der Waals surface area contributed by atoms with Crippen LogP contribution in [0.5, 0.6) is 0 Å². The molecular weight excluding hydrogens is 200 g/mol. The van der Waals surface area contributed by atoms with Gasteiger partial charge in [0.05, 0.1) is 0 Å². The monoisotopic (exact) mass is 218 g/mol. The number of carboxylic acids is 1. The molecule has 1 N–H and O–H groups in total. The Morgan fingerprint density at radius 3 is 1.94 bits per heavy atom. The molecule has 0 rings (SSSR count). The summed E-state index contributed by atoms with van der Waals surface area (Å²) in [5.74, 6) is -0.936. The third kappa shape index (κ3) is 12.2. The fraction of sp³-hybridized carbons (Fsp3) is 0.214. The van der Waals surface area contributed by atoms with E-state index in [9.17, 15) is 4.79 Å². The van der Waals surface area contributed by atoms with E-state index in [0.717, 1.165) is 12.5 Å². The second-order valence-electron chi connectivity index (χ2n) is 3.07. The number of allylic oxidation sites excluding steroid dienone is 9. The largest absolute Gasteiger partial charge is 0.478 e. The third-order valence-corrected chi connectivity index (χ3v) is 1.61. The Morgan fingerprint density at radius 2 is 1.44 bits per heavy atom. The molecule has 0 radical (unpaired) electrons. The maximum Gasteiger partial charge on any atom is 0.328 e. The second-order valence-corrected chi connectivity index (χ2v) is 3.07. The summed E-state index contributed by atoms with van der Waals surface area (Å²) in [6, 6.07) is 0. The molecule has 2 heteroatoms. The van der Waals surface area contributed by atoms with Gasteiger partial charge in [0.1, 0.15) is 0 Å². The molecule has 0 fully saturated rings. The topological polar surface area (TPSA) is 37.3 Å². The van der Waals surface area contributed by atoms with E-state index in [1.165, 1.54) is 12.5 Å². The molecule has 0 aromatic rings. The maximum atomic E-state index is 10.1. The molecular formula is C14H18O2. The number of carboxylic acid groups (broad SMARTS) is 1. The van der Waals surface area contributed by atoms with Crippen molar-refractivity contribution in [3.05, 3.63) is 60.8 Å². The van der Waals surface area contributed by atoms with Gasteiger partial charge in [0.2, 0.25) is 0 Å². The summed E-state index contributed by atoms with van der Waals surface area (Å²) < 4.78 is 0. The fourth-order valence-electron chi connectivity index (χ4n) is 0.864. The number of unbranched alkanes of at least 4 members (excludes halogenated alkanes) is 1. The summed E-state index contributed by atoms with van der Waals surface area (Å²) in [5, 5.41) is 8.30. The van der Waals surface area contributed by atoms with Crippen molar-refractivity contribution in [2.45, 2.75) is 19.8 Å². The average molecular weight is 218 g/mol. The summed E-state index contributed by atoms with van der Waals surface area (Å²) in [4.78, 5) is 10.1. The van der Waals surface area contributed by atoms with Gasteiger partial charge in [-0.2, -0.15) is 0 Å². The van der Waals surface area contributed by atoms with E-state index < -0.39 is 5.97 Å². The molecule has 86 valence electrons. The fourth-order valence-corrected chi connectivity index (χ4v) is 0.864. The Kier molecular flexibility index (Phi) is 9.96. The van der Waals surface area contributed by atoms with Crippen molar-refractivity contribution < 1.29 is 9.90 Å². The molecule has 0 amide bonds. The van der Waals surface area contributed by atoms with Gasteiger partial charge in [0.25, 0.3) is 0 Å². The normalized spacial score (nSPS) is 13.1. The zero-order chi connectivity index (χ0) is 12.1. The maximum absolute atomic E-state index is 10.1. The molecule has 0 aliphatic carbocycles. The minimum Gasteiger partial charge on any atom is -0.478 e. The van der Waals surface area contributed by atoms with Crippen molar-refractivity contribution in [3.8, 4) is 0 Å². The molecule has 0 bridgehead atoms. The van der Waals surface area contributed by atoms with Crippen LogP contribution >= 0.6 is 0 Å². The summed E-state index contributed by atoms with van der Waals surface area (Å²) in [7, 11) is 0. The van der Waals surface area contributed by atoms with E-state index in [1.807, 2.05) is 30.4 Å². The molecule has 0 aromatic heterocycles. The van der Waals surface area contributed by atoms with E-state index in [0.29, 0.717) is 0 Å². The highest BCUT2D eigenvalue weighted by Gasteiger charge is 1.78. The Labute approximate surface area is 97.0 Å². The summed E-state index contributed by atoms with van der Waals surface area (Å²) >= 11 is 0.